The van der Waals surface area contributed by atoms with Crippen LogP contribution >= 0.6 is 0 Å². The maximum atomic E-state index is 13.1. The van der Waals surface area contributed by atoms with Crippen LogP contribution in [0.2, 0.25) is 0 Å². The van der Waals surface area contributed by atoms with Crippen molar-refractivity contribution in [2.45, 2.75) is 49.7 Å². The van der Waals surface area contributed by atoms with Gasteiger partial charge in [0.15, 0.2) is 11.1 Å². The molecule has 2 rings (SSSR count). The second-order valence-electron chi connectivity index (χ2n) is 6.90. The van der Waals surface area contributed by atoms with Gasteiger partial charge in [-0.25, -0.2) is 14.2 Å². The van der Waals surface area contributed by atoms with Crippen molar-refractivity contribution in [3.63, 3.8) is 0 Å². The van der Waals surface area contributed by atoms with E-state index in [1.54, 1.807) is 36.3 Å². The largest absolute Gasteiger partial charge is 0.391 e. The van der Waals surface area contributed by atoms with Gasteiger partial charge in [-0.15, -0.1) is 0 Å². The van der Waals surface area contributed by atoms with E-state index in [1.165, 1.54) is 0 Å². The number of hydrogen-bond acceptors (Lipinski definition) is 5. The number of carbonyl (C=O) groups excluding carboxylic acids is 1. The molecular formula is C19H29N3O4S. The van der Waals surface area contributed by atoms with Crippen LogP contribution in [0.15, 0.2) is 42.5 Å². The van der Waals surface area contributed by atoms with Gasteiger partial charge in [-0.1, -0.05) is 49.4 Å². The highest BCUT2D eigenvalue weighted by Crippen LogP contribution is 2.26. The topological polar surface area (TPSA) is 93.1 Å². The molecule has 0 spiro atoms. The monoisotopic (exact) mass is 395 g/mol. The van der Waals surface area contributed by atoms with Gasteiger partial charge in [0.2, 0.25) is 5.91 Å². The first-order valence-corrected chi connectivity index (χ1v) is 10.2. The van der Waals surface area contributed by atoms with Crippen LogP contribution in [0.5, 0.6) is 0 Å². The molecular weight excluding hydrogens is 366 g/mol. The molecule has 1 aromatic rings. The zero-order valence-corrected chi connectivity index (χ0v) is 17.0. The zero-order chi connectivity index (χ0) is 20.1. The number of hydrogen-bond donors (Lipinski definition) is 3. The SMILES string of the molecule is CC[C@H](O)[C@@H]1C=C[C@H](S(=O)O)[C@H](C(=O)N[C@H](C)c2ccccc2)N1N(C)C. The quantitative estimate of drug-likeness (QED) is 0.476. The molecule has 27 heavy (non-hydrogen) atoms. The average Bonchev–Trinajstić information content (AvgIpc) is 2.66. The third-order valence-electron chi connectivity index (χ3n) is 4.83. The zero-order valence-electron chi connectivity index (χ0n) is 16.1. The number of rotatable bonds is 7. The second-order valence-corrected chi connectivity index (χ2v) is 8.00. The van der Waals surface area contributed by atoms with Gasteiger partial charge in [0.05, 0.1) is 18.2 Å². The molecule has 6 atom stereocenters. The van der Waals surface area contributed by atoms with Crippen LogP contribution < -0.4 is 5.32 Å². The maximum Gasteiger partial charge on any atom is 0.240 e. The third kappa shape index (κ3) is 5.03. The van der Waals surface area contributed by atoms with Crippen molar-refractivity contribution in [3.8, 4) is 0 Å². The summed E-state index contributed by atoms with van der Waals surface area (Å²) in [6, 6.07) is 7.91. The molecule has 1 aromatic carbocycles. The van der Waals surface area contributed by atoms with Crippen LogP contribution in [0.25, 0.3) is 0 Å². The van der Waals surface area contributed by atoms with Gasteiger partial charge >= 0.3 is 0 Å². The summed E-state index contributed by atoms with van der Waals surface area (Å²) in [7, 11) is 3.51. The molecule has 0 fully saturated rings. The fourth-order valence-electron chi connectivity index (χ4n) is 3.38. The van der Waals surface area contributed by atoms with Crippen molar-refractivity contribution >= 4 is 17.0 Å². The molecule has 1 amide bonds. The lowest BCUT2D eigenvalue weighted by molar-refractivity contribution is -0.141. The van der Waals surface area contributed by atoms with Crippen LogP contribution in [-0.2, 0) is 15.9 Å². The van der Waals surface area contributed by atoms with E-state index in [0.29, 0.717) is 6.42 Å². The number of carbonyl (C=O) groups is 1. The van der Waals surface area contributed by atoms with E-state index in [9.17, 15) is 18.7 Å². The summed E-state index contributed by atoms with van der Waals surface area (Å²) in [4.78, 5) is 13.1. The predicted octanol–water partition coefficient (Wildman–Crippen LogP) is 1.31. The Balaban J connectivity index is 2.33. The number of benzene rings is 1. The molecule has 0 aliphatic carbocycles. The van der Waals surface area contributed by atoms with E-state index in [2.05, 4.69) is 5.32 Å². The summed E-state index contributed by atoms with van der Waals surface area (Å²) in [6.07, 6.45) is 3.08. The number of aliphatic hydroxyl groups excluding tert-OH is 1. The number of hydrazine groups is 1. The molecule has 3 N–H and O–H groups in total. The molecule has 1 unspecified atom stereocenters. The fraction of sp³-hybridized carbons (Fsp3) is 0.526. The number of nitrogens with one attached hydrogen (secondary N) is 1. The normalized spacial score (nSPS) is 26.6. The van der Waals surface area contributed by atoms with E-state index in [1.807, 2.05) is 44.2 Å². The van der Waals surface area contributed by atoms with Gasteiger partial charge in [-0.05, 0) is 18.9 Å². The predicted molar refractivity (Wildman–Crippen MR) is 106 cm³/mol. The lowest BCUT2D eigenvalue weighted by atomic mass is 9.97. The second kappa shape index (κ2) is 9.57. The summed E-state index contributed by atoms with van der Waals surface area (Å²) in [5.41, 5.74) is 0.945. The lowest BCUT2D eigenvalue weighted by Gasteiger charge is -2.46. The summed E-state index contributed by atoms with van der Waals surface area (Å²) in [5.74, 6) is -0.356. The molecule has 8 heteroatoms. The Labute approximate surface area is 163 Å². The Morgan fingerprint density at radius 2 is 1.93 bits per heavy atom. The Morgan fingerprint density at radius 3 is 2.44 bits per heavy atom. The Morgan fingerprint density at radius 1 is 1.30 bits per heavy atom. The molecule has 0 aromatic heterocycles. The van der Waals surface area contributed by atoms with E-state index >= 15 is 0 Å². The molecule has 1 heterocycles. The average molecular weight is 396 g/mol. The Hall–Kier alpha value is -1.58. The molecule has 0 bridgehead atoms. The molecule has 0 saturated carbocycles. The standard InChI is InChI=1S/C19H29N3O4S/c1-5-16(23)15-11-12-17(27(25)26)18(22(15)21(3)4)19(24)20-13(2)14-9-7-6-8-10-14/h6-13,15-18,23H,5H2,1-4H3,(H,20,24)(H,25,26)/t13-,15+,16+,17+,18-/m1/s1. The van der Waals surface area contributed by atoms with E-state index < -0.39 is 34.5 Å². The van der Waals surface area contributed by atoms with Gasteiger partial charge in [0.1, 0.15) is 11.3 Å². The van der Waals surface area contributed by atoms with Crippen LogP contribution in [0.3, 0.4) is 0 Å². The fourth-order valence-corrected chi connectivity index (χ4v) is 4.08. The van der Waals surface area contributed by atoms with Crippen LogP contribution in [0, 0.1) is 0 Å². The molecule has 1 aliphatic rings. The van der Waals surface area contributed by atoms with Crippen molar-refractivity contribution < 1.29 is 18.7 Å². The van der Waals surface area contributed by atoms with Crippen molar-refractivity contribution in [2.75, 3.05) is 14.1 Å². The highest BCUT2D eigenvalue weighted by atomic mass is 32.2. The molecule has 0 radical (unpaired) electrons. The maximum absolute atomic E-state index is 13.1. The first-order valence-electron chi connectivity index (χ1n) is 9.04. The van der Waals surface area contributed by atoms with Gasteiger partial charge in [0, 0.05) is 14.1 Å². The van der Waals surface area contributed by atoms with Crippen molar-refractivity contribution in [1.29, 1.82) is 0 Å². The number of nitrogens with zero attached hydrogens (tertiary/aromatic N) is 2. The minimum Gasteiger partial charge on any atom is -0.391 e. The van der Waals surface area contributed by atoms with E-state index in [-0.39, 0.29) is 11.9 Å². The minimum absolute atomic E-state index is 0.254. The highest BCUT2D eigenvalue weighted by Gasteiger charge is 2.44. The molecule has 0 saturated heterocycles. The minimum atomic E-state index is -2.23. The van der Waals surface area contributed by atoms with Crippen molar-refractivity contribution in [2.24, 2.45) is 0 Å². The lowest BCUT2D eigenvalue weighted by Crippen LogP contribution is -2.65. The van der Waals surface area contributed by atoms with Gasteiger partial charge in [-0.3, -0.25) is 4.79 Å². The van der Waals surface area contributed by atoms with Gasteiger partial charge in [-0.2, -0.15) is 0 Å². The molecule has 7 nitrogen and oxygen atoms in total. The van der Waals surface area contributed by atoms with Crippen molar-refractivity contribution in [3.05, 3.63) is 48.0 Å². The number of amides is 1. The molecule has 1 aliphatic heterocycles. The van der Waals surface area contributed by atoms with Crippen LogP contribution in [0.1, 0.15) is 31.9 Å². The summed E-state index contributed by atoms with van der Waals surface area (Å²) in [6.45, 7) is 3.73. The van der Waals surface area contributed by atoms with E-state index in [4.69, 9.17) is 0 Å². The van der Waals surface area contributed by atoms with Crippen molar-refractivity contribution in [1.82, 2.24) is 15.3 Å². The smallest absolute Gasteiger partial charge is 0.240 e. The molecule has 150 valence electrons. The summed E-state index contributed by atoms with van der Waals surface area (Å²) >= 11 is -2.23. The van der Waals surface area contributed by atoms with Gasteiger partial charge < -0.3 is 15.0 Å². The third-order valence-corrected chi connectivity index (χ3v) is 5.71. The summed E-state index contributed by atoms with van der Waals surface area (Å²) < 4.78 is 21.7. The van der Waals surface area contributed by atoms with Crippen LogP contribution in [-0.4, -0.2) is 67.3 Å². The first kappa shape index (κ1) is 21.7. The Bertz CT molecular complexity index is 683. The first-order chi connectivity index (χ1) is 12.8. The highest BCUT2D eigenvalue weighted by molar-refractivity contribution is 7.80. The summed E-state index contributed by atoms with van der Waals surface area (Å²) in [5, 5.41) is 15.8. The van der Waals surface area contributed by atoms with Crippen LogP contribution in [0.4, 0.5) is 0 Å². The number of aliphatic hydroxyl groups is 1. The Kier molecular flexibility index (Phi) is 7.69. The van der Waals surface area contributed by atoms with Gasteiger partial charge in [0.25, 0.3) is 0 Å². The van der Waals surface area contributed by atoms with E-state index in [0.717, 1.165) is 5.56 Å².